The third-order valence-electron chi connectivity index (χ3n) is 6.14. The van der Waals surface area contributed by atoms with Crippen LogP contribution in [0.5, 0.6) is 0 Å². The molecule has 5 rings (SSSR count). The first-order valence-electron chi connectivity index (χ1n) is 10.4. The highest BCUT2D eigenvalue weighted by Gasteiger charge is 2.43. The second kappa shape index (κ2) is 7.40. The Labute approximate surface area is 190 Å². The lowest BCUT2D eigenvalue weighted by Gasteiger charge is -2.25. The van der Waals surface area contributed by atoms with Crippen LogP contribution in [0.4, 0.5) is 16.0 Å². The van der Waals surface area contributed by atoms with Gasteiger partial charge in [0, 0.05) is 17.0 Å². The number of aromatic nitrogens is 4. The van der Waals surface area contributed by atoms with E-state index in [0.717, 1.165) is 11.4 Å². The number of hydrogen-bond donors (Lipinski definition) is 3. The predicted molar refractivity (Wildman–Crippen MR) is 127 cm³/mol. The van der Waals surface area contributed by atoms with Crippen molar-refractivity contribution in [1.29, 1.82) is 0 Å². The van der Waals surface area contributed by atoms with Crippen molar-refractivity contribution in [2.75, 3.05) is 17.6 Å². The molecule has 0 aliphatic carbocycles. The summed E-state index contributed by atoms with van der Waals surface area (Å²) in [5.74, 6) is 0.805. The molecule has 0 bridgehead atoms. The van der Waals surface area contributed by atoms with E-state index in [1.54, 1.807) is 22.9 Å². The normalized spacial score (nSPS) is 18.8. The van der Waals surface area contributed by atoms with E-state index in [9.17, 15) is 4.39 Å². The maximum Gasteiger partial charge on any atom is 0.184 e. The molecule has 0 amide bonds. The second-order valence-electron chi connectivity index (χ2n) is 8.20. The molecule has 2 aromatic heterocycles. The van der Waals surface area contributed by atoms with E-state index in [1.165, 1.54) is 6.07 Å². The van der Waals surface area contributed by atoms with Crippen molar-refractivity contribution in [2.45, 2.75) is 18.9 Å². The SMILES string of the molecule is C=C(N)C1(C)C(=C)Nc2nc(-c3cc(C4=NCC=C4)n(Cc4ccccc4F)n3)nc(N)c21. The topological polar surface area (TPSA) is 120 Å². The van der Waals surface area contributed by atoms with Crippen molar-refractivity contribution in [1.82, 2.24) is 19.7 Å². The van der Waals surface area contributed by atoms with Crippen molar-refractivity contribution >= 4 is 17.3 Å². The molecule has 1 atom stereocenters. The first kappa shape index (κ1) is 20.6. The Morgan fingerprint density at radius 2 is 2.09 bits per heavy atom. The average Bonchev–Trinajstić information content (AvgIpc) is 3.49. The highest BCUT2D eigenvalue weighted by Crippen LogP contribution is 2.47. The number of allylic oxidation sites excluding steroid dienone is 1. The molecule has 0 saturated carbocycles. The predicted octanol–water partition coefficient (Wildman–Crippen LogP) is 3.14. The fraction of sp³-hybridized carbons (Fsp3) is 0.167. The van der Waals surface area contributed by atoms with Crippen LogP contribution in [0.25, 0.3) is 11.5 Å². The van der Waals surface area contributed by atoms with Crippen molar-refractivity contribution in [3.63, 3.8) is 0 Å². The fourth-order valence-electron chi connectivity index (χ4n) is 4.12. The van der Waals surface area contributed by atoms with Crippen molar-refractivity contribution < 1.29 is 4.39 Å². The largest absolute Gasteiger partial charge is 0.401 e. The van der Waals surface area contributed by atoms with Crippen LogP contribution >= 0.6 is 0 Å². The van der Waals surface area contributed by atoms with E-state index < -0.39 is 5.41 Å². The number of aliphatic imine (C=N–C) groups is 1. The molecule has 2 aliphatic rings. The van der Waals surface area contributed by atoms with Gasteiger partial charge in [-0.3, -0.25) is 9.67 Å². The van der Waals surface area contributed by atoms with Gasteiger partial charge in [0.25, 0.3) is 0 Å². The van der Waals surface area contributed by atoms with Crippen molar-refractivity contribution in [3.05, 3.63) is 89.7 Å². The third-order valence-corrected chi connectivity index (χ3v) is 6.14. The van der Waals surface area contributed by atoms with Crippen LogP contribution in [-0.2, 0) is 12.0 Å². The zero-order valence-electron chi connectivity index (χ0n) is 18.1. The van der Waals surface area contributed by atoms with E-state index in [-0.39, 0.29) is 18.2 Å². The van der Waals surface area contributed by atoms with Crippen LogP contribution in [0.1, 0.15) is 23.7 Å². The smallest absolute Gasteiger partial charge is 0.184 e. The van der Waals surface area contributed by atoms with Gasteiger partial charge in [-0.05, 0) is 25.1 Å². The molecule has 33 heavy (non-hydrogen) atoms. The molecule has 0 radical (unpaired) electrons. The number of nitrogens with zero attached hydrogens (tertiary/aromatic N) is 5. The Morgan fingerprint density at radius 1 is 1.30 bits per heavy atom. The van der Waals surface area contributed by atoms with Gasteiger partial charge in [-0.2, -0.15) is 5.10 Å². The molecule has 1 aromatic carbocycles. The summed E-state index contributed by atoms with van der Waals surface area (Å²) in [5.41, 5.74) is 15.8. The molecular weight excluding hydrogens is 419 g/mol. The molecule has 9 heteroatoms. The Hall–Kier alpha value is -4.27. The van der Waals surface area contributed by atoms with Gasteiger partial charge in [-0.15, -0.1) is 0 Å². The number of nitrogens with one attached hydrogen (secondary N) is 1. The fourth-order valence-corrected chi connectivity index (χ4v) is 4.12. The van der Waals surface area contributed by atoms with E-state index in [1.807, 2.05) is 25.1 Å². The Balaban J connectivity index is 1.61. The molecule has 4 heterocycles. The van der Waals surface area contributed by atoms with Gasteiger partial charge in [0.05, 0.1) is 35.5 Å². The lowest BCUT2D eigenvalue weighted by Crippen LogP contribution is -2.29. The highest BCUT2D eigenvalue weighted by molar-refractivity contribution is 6.09. The average molecular weight is 443 g/mol. The number of nitrogens with two attached hydrogens (primary N) is 2. The zero-order chi connectivity index (χ0) is 23.3. The summed E-state index contributed by atoms with van der Waals surface area (Å²) in [6, 6.07) is 8.44. The Morgan fingerprint density at radius 3 is 2.79 bits per heavy atom. The summed E-state index contributed by atoms with van der Waals surface area (Å²) >= 11 is 0. The summed E-state index contributed by atoms with van der Waals surface area (Å²) in [6.07, 6.45) is 3.87. The van der Waals surface area contributed by atoms with Gasteiger partial charge in [-0.1, -0.05) is 37.4 Å². The van der Waals surface area contributed by atoms with Gasteiger partial charge in [-0.25, -0.2) is 14.4 Å². The Bertz CT molecular complexity index is 1380. The van der Waals surface area contributed by atoms with Gasteiger partial charge >= 0.3 is 0 Å². The van der Waals surface area contributed by atoms with E-state index >= 15 is 0 Å². The Kier molecular flexibility index (Phi) is 4.63. The minimum atomic E-state index is -0.781. The number of nitrogen functional groups attached to an aromatic ring is 1. The maximum atomic E-state index is 14.3. The summed E-state index contributed by atoms with van der Waals surface area (Å²) in [6.45, 7) is 10.6. The summed E-state index contributed by atoms with van der Waals surface area (Å²) < 4.78 is 16.0. The number of halogens is 1. The van der Waals surface area contributed by atoms with E-state index in [2.05, 4.69) is 38.5 Å². The first-order valence-corrected chi connectivity index (χ1v) is 10.4. The highest BCUT2D eigenvalue weighted by atomic mass is 19.1. The molecule has 2 aliphatic heterocycles. The number of fused-ring (bicyclic) bond motifs is 1. The monoisotopic (exact) mass is 442 g/mol. The van der Waals surface area contributed by atoms with Crippen molar-refractivity contribution in [2.24, 2.45) is 10.7 Å². The first-order chi connectivity index (χ1) is 15.8. The second-order valence-corrected chi connectivity index (χ2v) is 8.20. The molecule has 166 valence electrons. The van der Waals surface area contributed by atoms with E-state index in [0.29, 0.717) is 46.4 Å². The summed E-state index contributed by atoms with van der Waals surface area (Å²) in [4.78, 5) is 13.7. The summed E-state index contributed by atoms with van der Waals surface area (Å²) in [7, 11) is 0. The standard InChI is InChI=1S/C24H23FN8/c1-13(26)24(3)14(2)29-23-20(24)21(27)30-22(31-23)18-11-19(17-9-6-10-28-17)33(32-18)12-15-7-4-5-8-16(15)25/h4-9,11H,1-2,10,12,26H2,3H3,(H3,27,29,30,31). The minimum absolute atomic E-state index is 0.232. The van der Waals surface area contributed by atoms with Gasteiger partial charge < -0.3 is 16.8 Å². The number of anilines is 2. The zero-order valence-corrected chi connectivity index (χ0v) is 18.1. The quantitative estimate of drug-likeness (QED) is 0.558. The maximum absolute atomic E-state index is 14.3. The molecule has 0 spiro atoms. The molecule has 0 saturated heterocycles. The number of benzene rings is 1. The van der Waals surface area contributed by atoms with E-state index in [4.69, 9.17) is 11.5 Å². The molecular formula is C24H23FN8. The molecule has 5 N–H and O–H groups in total. The lowest BCUT2D eigenvalue weighted by atomic mass is 9.80. The van der Waals surface area contributed by atoms with Crippen LogP contribution in [0.2, 0.25) is 0 Å². The van der Waals surface area contributed by atoms with Crippen molar-refractivity contribution in [3.8, 4) is 11.5 Å². The summed E-state index contributed by atoms with van der Waals surface area (Å²) in [5, 5.41) is 7.84. The van der Waals surface area contributed by atoms with Crippen LogP contribution in [0, 0.1) is 5.82 Å². The molecule has 3 aromatic rings. The molecule has 1 unspecified atom stereocenters. The minimum Gasteiger partial charge on any atom is -0.401 e. The van der Waals surface area contributed by atoms with Gasteiger partial charge in [0.15, 0.2) is 5.82 Å². The molecule has 0 fully saturated rings. The van der Waals surface area contributed by atoms with Gasteiger partial charge in [0.2, 0.25) is 0 Å². The van der Waals surface area contributed by atoms with Crippen LogP contribution in [0.3, 0.4) is 0 Å². The van der Waals surface area contributed by atoms with Crippen LogP contribution < -0.4 is 16.8 Å². The van der Waals surface area contributed by atoms with Gasteiger partial charge in [0.1, 0.15) is 23.1 Å². The number of hydrogen-bond acceptors (Lipinski definition) is 7. The van der Waals surface area contributed by atoms with Crippen LogP contribution in [0.15, 0.2) is 72.0 Å². The third kappa shape index (κ3) is 3.20. The number of rotatable bonds is 5. The lowest BCUT2D eigenvalue weighted by molar-refractivity contribution is 0.584. The van der Waals surface area contributed by atoms with Crippen LogP contribution in [-0.4, -0.2) is 32.0 Å². The molecule has 8 nitrogen and oxygen atoms in total.